The third-order valence-corrected chi connectivity index (χ3v) is 4.59. The van der Waals surface area contributed by atoms with Gasteiger partial charge >= 0.3 is 0 Å². The Hall–Kier alpha value is -2.86. The number of furan rings is 1. The monoisotopic (exact) mass is 349 g/mol. The van der Waals surface area contributed by atoms with Crippen molar-refractivity contribution in [3.8, 4) is 11.3 Å². The van der Waals surface area contributed by atoms with Gasteiger partial charge in [0.2, 0.25) is 5.95 Å². The standard InChI is InChI=1S/C20H23N5O/c1-24-9-11-25(12-10-24)20-22-18(16-6-3-2-4-7-16)14-19(23-20)21-15-17-8-5-13-26-17/h2-8,13-14H,9-12,15H2,1H3,(H,21,22,23). The number of nitrogens with zero attached hydrogens (tertiary/aromatic N) is 4. The summed E-state index contributed by atoms with van der Waals surface area (Å²) < 4.78 is 5.41. The smallest absolute Gasteiger partial charge is 0.227 e. The van der Waals surface area contributed by atoms with E-state index in [1.807, 2.05) is 36.4 Å². The predicted octanol–water partition coefficient (Wildman–Crippen LogP) is 3.10. The van der Waals surface area contributed by atoms with E-state index in [1.165, 1.54) is 0 Å². The highest BCUT2D eigenvalue weighted by Gasteiger charge is 2.18. The maximum atomic E-state index is 5.41. The number of aromatic nitrogens is 2. The van der Waals surface area contributed by atoms with Crippen molar-refractivity contribution in [2.24, 2.45) is 0 Å². The highest BCUT2D eigenvalue weighted by molar-refractivity contribution is 5.64. The first kappa shape index (κ1) is 16.6. The molecule has 0 amide bonds. The summed E-state index contributed by atoms with van der Waals surface area (Å²) in [4.78, 5) is 14.2. The molecule has 1 aliphatic heterocycles. The second-order valence-electron chi connectivity index (χ2n) is 6.53. The summed E-state index contributed by atoms with van der Waals surface area (Å²) in [6, 6.07) is 16.1. The molecule has 0 unspecified atom stereocenters. The minimum absolute atomic E-state index is 0.598. The van der Waals surface area contributed by atoms with Crippen molar-refractivity contribution in [1.29, 1.82) is 0 Å². The van der Waals surface area contributed by atoms with E-state index in [0.717, 1.165) is 55.0 Å². The third-order valence-electron chi connectivity index (χ3n) is 4.59. The lowest BCUT2D eigenvalue weighted by Crippen LogP contribution is -2.45. The van der Waals surface area contributed by atoms with Crippen molar-refractivity contribution in [3.05, 3.63) is 60.6 Å². The first-order chi connectivity index (χ1) is 12.8. The fourth-order valence-electron chi connectivity index (χ4n) is 3.02. The van der Waals surface area contributed by atoms with Gasteiger partial charge in [-0.1, -0.05) is 30.3 Å². The quantitative estimate of drug-likeness (QED) is 0.764. The number of piperazine rings is 1. The van der Waals surface area contributed by atoms with E-state index in [1.54, 1.807) is 6.26 Å². The van der Waals surface area contributed by atoms with Crippen LogP contribution in [0.25, 0.3) is 11.3 Å². The number of hydrogen-bond acceptors (Lipinski definition) is 6. The molecule has 2 aromatic heterocycles. The second kappa shape index (κ2) is 7.58. The lowest BCUT2D eigenvalue weighted by molar-refractivity contribution is 0.311. The molecule has 1 aromatic carbocycles. The SMILES string of the molecule is CN1CCN(c2nc(NCc3ccco3)cc(-c3ccccc3)n2)CC1. The normalized spacial score (nSPS) is 15.2. The van der Waals surface area contributed by atoms with Gasteiger partial charge in [-0.3, -0.25) is 0 Å². The van der Waals surface area contributed by atoms with Gasteiger partial charge in [-0.2, -0.15) is 4.98 Å². The summed E-state index contributed by atoms with van der Waals surface area (Å²) in [5.41, 5.74) is 2.02. The molecule has 6 heteroatoms. The van der Waals surface area contributed by atoms with Crippen LogP contribution in [-0.2, 0) is 6.54 Å². The Morgan fingerprint density at radius 2 is 1.81 bits per heavy atom. The molecule has 26 heavy (non-hydrogen) atoms. The van der Waals surface area contributed by atoms with Crippen LogP contribution in [0.1, 0.15) is 5.76 Å². The summed E-state index contributed by atoms with van der Waals surface area (Å²) >= 11 is 0. The molecule has 0 bridgehead atoms. The number of anilines is 2. The molecular formula is C20H23N5O. The minimum Gasteiger partial charge on any atom is -0.467 e. The van der Waals surface area contributed by atoms with E-state index >= 15 is 0 Å². The van der Waals surface area contributed by atoms with Crippen molar-refractivity contribution in [2.45, 2.75) is 6.54 Å². The van der Waals surface area contributed by atoms with Gasteiger partial charge in [0.1, 0.15) is 11.6 Å². The fourth-order valence-corrected chi connectivity index (χ4v) is 3.02. The Balaban J connectivity index is 1.62. The Labute approximate surface area is 153 Å². The Bertz CT molecular complexity index is 827. The van der Waals surface area contributed by atoms with Crippen molar-refractivity contribution in [2.75, 3.05) is 43.4 Å². The first-order valence-corrected chi connectivity index (χ1v) is 8.92. The topological polar surface area (TPSA) is 57.4 Å². The van der Waals surface area contributed by atoms with E-state index in [-0.39, 0.29) is 0 Å². The molecule has 3 aromatic rings. The van der Waals surface area contributed by atoms with Crippen LogP contribution < -0.4 is 10.2 Å². The van der Waals surface area contributed by atoms with E-state index < -0.39 is 0 Å². The lowest BCUT2D eigenvalue weighted by Gasteiger charge is -2.32. The molecule has 1 N–H and O–H groups in total. The molecule has 0 saturated carbocycles. The molecular weight excluding hydrogens is 326 g/mol. The summed E-state index contributed by atoms with van der Waals surface area (Å²) in [6.45, 7) is 4.52. The average Bonchev–Trinajstić information content (AvgIpc) is 3.21. The fraction of sp³-hybridized carbons (Fsp3) is 0.300. The molecule has 6 nitrogen and oxygen atoms in total. The number of benzene rings is 1. The van der Waals surface area contributed by atoms with Crippen LogP contribution in [0.5, 0.6) is 0 Å². The van der Waals surface area contributed by atoms with Crippen LogP contribution in [0.4, 0.5) is 11.8 Å². The van der Waals surface area contributed by atoms with Gasteiger partial charge in [0, 0.05) is 37.8 Å². The van der Waals surface area contributed by atoms with Crippen molar-refractivity contribution < 1.29 is 4.42 Å². The van der Waals surface area contributed by atoms with E-state index in [2.05, 4.69) is 34.3 Å². The highest BCUT2D eigenvalue weighted by Crippen LogP contribution is 2.24. The molecule has 3 heterocycles. The molecule has 1 saturated heterocycles. The average molecular weight is 349 g/mol. The Morgan fingerprint density at radius 1 is 1.00 bits per heavy atom. The van der Waals surface area contributed by atoms with Gasteiger partial charge in [0.15, 0.2) is 0 Å². The zero-order valence-electron chi connectivity index (χ0n) is 14.9. The first-order valence-electron chi connectivity index (χ1n) is 8.92. The molecule has 134 valence electrons. The van der Waals surface area contributed by atoms with Crippen LogP contribution >= 0.6 is 0 Å². The van der Waals surface area contributed by atoms with Crippen LogP contribution in [0.3, 0.4) is 0 Å². The predicted molar refractivity (Wildman–Crippen MR) is 103 cm³/mol. The molecule has 0 spiro atoms. The minimum atomic E-state index is 0.598. The van der Waals surface area contributed by atoms with Gasteiger partial charge < -0.3 is 19.5 Å². The van der Waals surface area contributed by atoms with Gasteiger partial charge in [-0.05, 0) is 19.2 Å². The van der Waals surface area contributed by atoms with E-state index in [9.17, 15) is 0 Å². The lowest BCUT2D eigenvalue weighted by atomic mass is 10.1. The van der Waals surface area contributed by atoms with Gasteiger partial charge in [-0.25, -0.2) is 4.98 Å². The maximum Gasteiger partial charge on any atom is 0.227 e. The molecule has 1 aliphatic rings. The Morgan fingerprint density at radius 3 is 2.54 bits per heavy atom. The summed E-state index contributed by atoms with van der Waals surface area (Å²) in [5.74, 6) is 2.47. The summed E-state index contributed by atoms with van der Waals surface area (Å²) in [5, 5.41) is 3.36. The largest absolute Gasteiger partial charge is 0.467 e. The Kier molecular flexibility index (Phi) is 4.84. The molecule has 0 aliphatic carbocycles. The van der Waals surface area contributed by atoms with Crippen LogP contribution in [-0.4, -0.2) is 48.1 Å². The third kappa shape index (κ3) is 3.86. The van der Waals surface area contributed by atoms with Gasteiger partial charge in [-0.15, -0.1) is 0 Å². The molecule has 4 rings (SSSR count). The summed E-state index contributed by atoms with van der Waals surface area (Å²) in [7, 11) is 2.15. The van der Waals surface area contributed by atoms with Gasteiger partial charge in [0.05, 0.1) is 18.5 Å². The van der Waals surface area contributed by atoms with Crippen molar-refractivity contribution >= 4 is 11.8 Å². The van der Waals surface area contributed by atoms with Crippen molar-refractivity contribution in [3.63, 3.8) is 0 Å². The van der Waals surface area contributed by atoms with Crippen LogP contribution in [0.2, 0.25) is 0 Å². The maximum absolute atomic E-state index is 5.41. The van der Waals surface area contributed by atoms with E-state index in [0.29, 0.717) is 6.54 Å². The molecule has 0 radical (unpaired) electrons. The molecule has 1 fully saturated rings. The number of nitrogens with one attached hydrogen (secondary N) is 1. The number of hydrogen-bond donors (Lipinski definition) is 1. The van der Waals surface area contributed by atoms with E-state index in [4.69, 9.17) is 14.4 Å². The van der Waals surface area contributed by atoms with Crippen LogP contribution in [0.15, 0.2) is 59.2 Å². The zero-order chi connectivity index (χ0) is 17.8. The van der Waals surface area contributed by atoms with Crippen LogP contribution in [0, 0.1) is 0 Å². The van der Waals surface area contributed by atoms with Crippen molar-refractivity contribution in [1.82, 2.24) is 14.9 Å². The van der Waals surface area contributed by atoms with Gasteiger partial charge in [0.25, 0.3) is 0 Å². The number of rotatable bonds is 5. The highest BCUT2D eigenvalue weighted by atomic mass is 16.3. The summed E-state index contributed by atoms with van der Waals surface area (Å²) in [6.07, 6.45) is 1.68. The molecule has 0 atom stereocenters. The number of likely N-dealkylation sites (N-methyl/N-ethyl adjacent to an activating group) is 1. The zero-order valence-corrected chi connectivity index (χ0v) is 14.9. The second-order valence-corrected chi connectivity index (χ2v) is 6.53.